The van der Waals surface area contributed by atoms with E-state index < -0.39 is 16.7 Å². The molecule has 10 nitrogen and oxygen atoms in total. The van der Waals surface area contributed by atoms with Gasteiger partial charge in [-0.25, -0.2) is 0 Å². The van der Waals surface area contributed by atoms with Crippen LogP contribution in [0.4, 0.5) is 24.7 Å². The fraction of sp³-hybridized carbons (Fsp3) is 0.364. The van der Waals surface area contributed by atoms with E-state index >= 15 is 0 Å². The molecule has 0 aliphatic carbocycles. The van der Waals surface area contributed by atoms with Crippen LogP contribution >= 0.6 is 0 Å². The van der Waals surface area contributed by atoms with Gasteiger partial charge in [0, 0.05) is 55.9 Å². The summed E-state index contributed by atoms with van der Waals surface area (Å²) >= 11 is 0. The molecule has 3 heterocycles. The second-order valence-corrected chi connectivity index (χ2v) is 11.6. The molecule has 1 saturated heterocycles. The first-order valence-corrected chi connectivity index (χ1v) is 15.1. The van der Waals surface area contributed by atoms with Gasteiger partial charge >= 0.3 is 18.0 Å². The van der Waals surface area contributed by atoms with Crippen LogP contribution in [0.1, 0.15) is 30.0 Å². The van der Waals surface area contributed by atoms with Crippen LogP contribution in [-0.2, 0) is 25.9 Å². The predicted octanol–water partition coefficient (Wildman–Crippen LogP) is 6.33. The first kappa shape index (κ1) is 31.2. The van der Waals surface area contributed by atoms with Crippen LogP contribution in [0.25, 0.3) is 0 Å². The summed E-state index contributed by atoms with van der Waals surface area (Å²) in [6.45, 7) is 6.78. The summed E-state index contributed by atoms with van der Waals surface area (Å²) < 4.78 is 57.5. The molecule has 0 amide bonds. The van der Waals surface area contributed by atoms with Gasteiger partial charge in [0.25, 0.3) is 0 Å². The number of aryl methyl sites for hydroxylation is 1. The Kier molecular flexibility index (Phi) is 9.02. The van der Waals surface area contributed by atoms with E-state index in [0.717, 1.165) is 55.3 Å². The quantitative estimate of drug-likeness (QED) is 0.147. The SMILES string of the molecule is C[C@@H]1CN(c2ccc(OC[C@@H]3CCn4cc([N+](=O)[O-])nc4O3)cc2)CCN1Cc1ccc(OCc2ccc(C(F)(F)F)cc2)cc1. The Morgan fingerprint density at radius 2 is 1.61 bits per heavy atom. The molecule has 4 aromatic rings. The van der Waals surface area contributed by atoms with Crippen molar-refractivity contribution in [2.45, 2.75) is 51.4 Å². The Hall–Kier alpha value is -4.78. The summed E-state index contributed by atoms with van der Waals surface area (Å²) in [5.74, 6) is 1.17. The molecule has 0 saturated carbocycles. The molecule has 0 spiro atoms. The zero-order valence-electron chi connectivity index (χ0n) is 25.2. The number of hydrogen-bond donors (Lipinski definition) is 0. The van der Waals surface area contributed by atoms with E-state index in [9.17, 15) is 23.3 Å². The Balaban J connectivity index is 0.938. The average molecular weight is 638 g/mol. The van der Waals surface area contributed by atoms with Gasteiger partial charge in [0.15, 0.2) is 0 Å². The highest BCUT2D eigenvalue weighted by Gasteiger charge is 2.30. The fourth-order valence-electron chi connectivity index (χ4n) is 5.63. The van der Waals surface area contributed by atoms with Gasteiger partial charge in [-0.15, -0.1) is 0 Å². The summed E-state index contributed by atoms with van der Waals surface area (Å²) in [5.41, 5.74) is 2.28. The molecule has 242 valence electrons. The smallest absolute Gasteiger partial charge is 0.416 e. The minimum Gasteiger partial charge on any atom is -0.490 e. The van der Waals surface area contributed by atoms with E-state index in [4.69, 9.17) is 14.2 Å². The Bertz CT molecular complexity index is 1630. The van der Waals surface area contributed by atoms with E-state index in [0.29, 0.717) is 36.9 Å². The molecule has 1 aromatic heterocycles. The highest BCUT2D eigenvalue weighted by Crippen LogP contribution is 2.30. The monoisotopic (exact) mass is 637 g/mol. The second kappa shape index (κ2) is 13.3. The molecule has 6 rings (SSSR count). The molecule has 46 heavy (non-hydrogen) atoms. The van der Waals surface area contributed by atoms with E-state index in [-0.39, 0.29) is 24.5 Å². The van der Waals surface area contributed by atoms with Crippen LogP contribution in [0.3, 0.4) is 0 Å². The third-order valence-electron chi connectivity index (χ3n) is 8.28. The molecule has 2 aliphatic rings. The Morgan fingerprint density at radius 3 is 2.28 bits per heavy atom. The van der Waals surface area contributed by atoms with Gasteiger partial charge < -0.3 is 29.2 Å². The number of aromatic nitrogens is 2. The summed E-state index contributed by atoms with van der Waals surface area (Å²) in [6, 6.07) is 21.4. The van der Waals surface area contributed by atoms with Gasteiger partial charge in [-0.05, 0) is 71.5 Å². The number of benzene rings is 3. The molecule has 2 aliphatic heterocycles. The zero-order valence-corrected chi connectivity index (χ0v) is 25.2. The van der Waals surface area contributed by atoms with Crippen molar-refractivity contribution in [3.63, 3.8) is 0 Å². The minimum absolute atomic E-state index is 0.194. The van der Waals surface area contributed by atoms with Crippen molar-refractivity contribution < 1.29 is 32.3 Å². The maximum atomic E-state index is 12.8. The summed E-state index contributed by atoms with van der Waals surface area (Å²) in [7, 11) is 0. The molecule has 1 fully saturated rings. The van der Waals surface area contributed by atoms with Crippen molar-refractivity contribution in [3.05, 3.63) is 106 Å². The highest BCUT2D eigenvalue weighted by atomic mass is 19.4. The Labute approximate surface area is 264 Å². The van der Waals surface area contributed by atoms with Crippen LogP contribution in [-0.4, -0.2) is 57.8 Å². The van der Waals surface area contributed by atoms with Gasteiger partial charge in [-0.1, -0.05) is 24.3 Å². The number of alkyl halides is 3. The van der Waals surface area contributed by atoms with E-state index in [1.54, 1.807) is 4.57 Å². The molecule has 0 N–H and O–H groups in total. The van der Waals surface area contributed by atoms with Gasteiger partial charge in [-0.3, -0.25) is 9.47 Å². The zero-order chi connectivity index (χ0) is 32.3. The van der Waals surface area contributed by atoms with Crippen LogP contribution in [0.5, 0.6) is 17.5 Å². The number of nitro groups is 1. The molecular weight excluding hydrogens is 603 g/mol. The number of nitrogens with zero attached hydrogens (tertiary/aromatic N) is 5. The summed E-state index contributed by atoms with van der Waals surface area (Å²) in [5, 5.41) is 11.0. The van der Waals surface area contributed by atoms with E-state index in [2.05, 4.69) is 33.8 Å². The Morgan fingerprint density at radius 1 is 0.935 bits per heavy atom. The lowest BCUT2D eigenvalue weighted by Gasteiger charge is -2.41. The van der Waals surface area contributed by atoms with Gasteiger partial charge in [-0.2, -0.15) is 13.2 Å². The van der Waals surface area contributed by atoms with E-state index in [1.807, 2.05) is 36.4 Å². The van der Waals surface area contributed by atoms with Gasteiger partial charge in [0.1, 0.15) is 37.0 Å². The summed E-state index contributed by atoms with van der Waals surface area (Å²) in [4.78, 5) is 19.2. The van der Waals surface area contributed by atoms with Crippen molar-refractivity contribution in [3.8, 4) is 17.5 Å². The number of halogens is 3. The molecule has 2 atom stereocenters. The second-order valence-electron chi connectivity index (χ2n) is 11.6. The number of imidazole rings is 1. The number of fused-ring (bicyclic) bond motifs is 1. The fourth-order valence-corrected chi connectivity index (χ4v) is 5.63. The highest BCUT2D eigenvalue weighted by molar-refractivity contribution is 5.49. The van der Waals surface area contributed by atoms with Crippen LogP contribution in [0.2, 0.25) is 0 Å². The molecule has 13 heteroatoms. The number of hydrogen-bond acceptors (Lipinski definition) is 8. The lowest BCUT2D eigenvalue weighted by Crippen LogP contribution is -2.51. The van der Waals surface area contributed by atoms with Gasteiger partial charge in [0.05, 0.1) is 5.56 Å². The average Bonchev–Trinajstić information content (AvgIpc) is 3.49. The van der Waals surface area contributed by atoms with Crippen molar-refractivity contribution in [2.24, 2.45) is 0 Å². The number of ether oxygens (including phenoxy) is 3. The van der Waals surface area contributed by atoms with E-state index in [1.165, 1.54) is 18.3 Å². The van der Waals surface area contributed by atoms with Crippen molar-refractivity contribution in [1.82, 2.24) is 14.5 Å². The van der Waals surface area contributed by atoms with Crippen LogP contribution in [0.15, 0.2) is 79.0 Å². The molecule has 0 radical (unpaired) electrons. The lowest BCUT2D eigenvalue weighted by molar-refractivity contribution is -0.389. The van der Waals surface area contributed by atoms with Crippen molar-refractivity contribution >= 4 is 11.5 Å². The third kappa shape index (κ3) is 7.53. The first-order valence-electron chi connectivity index (χ1n) is 15.1. The van der Waals surface area contributed by atoms with Crippen molar-refractivity contribution in [2.75, 3.05) is 31.1 Å². The van der Waals surface area contributed by atoms with Gasteiger partial charge in [0.2, 0.25) is 0 Å². The van der Waals surface area contributed by atoms with Crippen LogP contribution < -0.4 is 19.1 Å². The summed E-state index contributed by atoms with van der Waals surface area (Å²) in [6.07, 6.45) is -2.53. The number of anilines is 1. The largest absolute Gasteiger partial charge is 0.490 e. The minimum atomic E-state index is -4.35. The normalized spacial score (nSPS) is 18.5. The molecular formula is C33H34F3N5O5. The molecule has 3 aromatic carbocycles. The number of piperazine rings is 1. The maximum absolute atomic E-state index is 12.8. The van der Waals surface area contributed by atoms with Crippen LogP contribution in [0, 0.1) is 10.1 Å². The maximum Gasteiger partial charge on any atom is 0.416 e. The number of rotatable bonds is 10. The third-order valence-corrected chi connectivity index (χ3v) is 8.28. The topological polar surface area (TPSA) is 95.1 Å². The molecule has 0 bridgehead atoms. The lowest BCUT2D eigenvalue weighted by atomic mass is 10.1. The first-order chi connectivity index (χ1) is 22.1. The molecule has 0 unspecified atom stereocenters. The standard InChI is InChI=1S/C33H34F3N5O5/c1-23-18-39(27-8-12-29(13-9-27)45-22-30-14-15-40-20-31(41(42)43)37-32(40)46-30)17-16-38(23)19-24-4-10-28(11-5-24)44-21-25-2-6-26(7-3-25)33(34,35)36/h2-13,20,23,30H,14-19,21-22H2,1H3/t23-,30+/m1/s1. The van der Waals surface area contributed by atoms with Crippen molar-refractivity contribution in [1.29, 1.82) is 0 Å². The predicted molar refractivity (Wildman–Crippen MR) is 164 cm³/mol.